The Hall–Kier alpha value is -4.85. The van der Waals surface area contributed by atoms with Crippen LogP contribution in [0.5, 0.6) is 0 Å². The molecule has 20 nitrogen and oxygen atoms in total. The van der Waals surface area contributed by atoms with Crippen molar-refractivity contribution in [2.24, 2.45) is 97.6 Å². The summed E-state index contributed by atoms with van der Waals surface area (Å²) >= 11 is 0. The number of fused-ring (bicyclic) bond motifs is 2. The lowest BCUT2D eigenvalue weighted by molar-refractivity contribution is -0.226. The topological polar surface area (TPSA) is 277 Å². The zero-order valence-corrected chi connectivity index (χ0v) is 68.9. The highest BCUT2D eigenvalue weighted by molar-refractivity contribution is 5.87. The number of methoxy groups -OCH3 is 1. The minimum Gasteiger partial charge on any atom is -0.469 e. The molecule has 0 aromatic carbocycles. The van der Waals surface area contributed by atoms with E-state index in [-0.39, 0.29) is 200 Å². The molecular formula is C98H186O20. The molecule has 0 radical (unpaired) electrons. The summed E-state index contributed by atoms with van der Waals surface area (Å²) in [6, 6.07) is 0. The summed E-state index contributed by atoms with van der Waals surface area (Å²) in [5, 5.41) is 21.3. The van der Waals surface area contributed by atoms with Crippen molar-refractivity contribution in [1.82, 2.24) is 0 Å². The van der Waals surface area contributed by atoms with Gasteiger partial charge in [0.25, 0.3) is 0 Å². The summed E-state index contributed by atoms with van der Waals surface area (Å²) in [6.07, 6.45) is 26.0. The van der Waals surface area contributed by atoms with E-state index in [1.165, 1.54) is 45.6 Å². The third-order valence-corrected chi connectivity index (χ3v) is 29.1. The molecule has 20 heteroatoms. The maximum absolute atomic E-state index is 12.4. The van der Waals surface area contributed by atoms with E-state index in [2.05, 4.69) is 13.8 Å². The second-order valence-electron chi connectivity index (χ2n) is 40.2. The van der Waals surface area contributed by atoms with Gasteiger partial charge in [0.15, 0.2) is 0 Å². The molecule has 2 N–H and O–H groups in total. The second-order valence-corrected chi connectivity index (χ2v) is 40.2. The number of carbonyl (C=O) groups is 9. The first-order valence-corrected chi connectivity index (χ1v) is 41.4. The number of esters is 9. The summed E-state index contributed by atoms with van der Waals surface area (Å²) in [7, 11) is 1.31. The lowest BCUT2D eigenvalue weighted by atomic mass is 9.52. The monoisotopic (exact) mass is 1680 g/mol. The molecule has 118 heavy (non-hydrogen) atoms. The van der Waals surface area contributed by atoms with E-state index in [9.17, 15) is 53.4 Å². The van der Waals surface area contributed by atoms with Crippen LogP contribution in [-0.2, 0) is 85.8 Å². The summed E-state index contributed by atoms with van der Waals surface area (Å²) in [5.41, 5.74) is -4.71. The zero-order chi connectivity index (χ0) is 78.7. The normalized spacial score (nSPS) is 32.8. The number of hydrogen-bond donors (Lipinski definition) is 2. The molecular weight excluding hydrogens is 1500 g/mol. The molecule has 0 amide bonds. The number of carbonyl (C=O) groups excluding carboxylic acids is 9. The molecule has 2 aliphatic heterocycles. The minimum absolute atomic E-state index is 0. The predicted molar refractivity (Wildman–Crippen MR) is 478 cm³/mol. The molecule has 15 unspecified atom stereocenters. The second kappa shape index (κ2) is 44.2. The Bertz CT molecular complexity index is 3060. The van der Waals surface area contributed by atoms with Crippen LogP contribution in [0.2, 0.25) is 0 Å². The Morgan fingerprint density at radius 2 is 0.678 bits per heavy atom. The van der Waals surface area contributed by atoms with Crippen molar-refractivity contribution in [2.45, 2.75) is 472 Å². The van der Waals surface area contributed by atoms with E-state index in [0.717, 1.165) is 122 Å². The van der Waals surface area contributed by atoms with Gasteiger partial charge in [0, 0.05) is 36.5 Å². The van der Waals surface area contributed by atoms with Gasteiger partial charge in [-0.25, -0.2) is 0 Å². The first-order valence-electron chi connectivity index (χ1n) is 41.4. The average Bonchev–Trinajstić information content (AvgIpc) is 1.52. The quantitative estimate of drug-likeness (QED) is 0.0898. The molecule has 0 aromatic heterocycles. The Balaban J connectivity index is -0.000000652. The molecule has 12 bridgehead atoms. The van der Waals surface area contributed by atoms with Gasteiger partial charge in [-0.2, -0.15) is 0 Å². The number of rotatable bonds is 19. The first kappa shape index (κ1) is 119. The molecule has 16 aliphatic rings. The van der Waals surface area contributed by atoms with Gasteiger partial charge in [-0.15, -0.1) is 0 Å². The fourth-order valence-corrected chi connectivity index (χ4v) is 20.4. The molecule has 15 atom stereocenters. The summed E-state index contributed by atoms with van der Waals surface area (Å²) in [6.45, 7) is 39.2. The van der Waals surface area contributed by atoms with Crippen LogP contribution in [0.3, 0.4) is 0 Å². The molecule has 14 saturated carbocycles. The Labute approximate surface area is 722 Å². The lowest BCUT2D eigenvalue weighted by Crippen LogP contribution is -2.61. The minimum atomic E-state index is -0.593. The molecule has 698 valence electrons. The number of ether oxygens (including phenoxy) is 9. The zero-order valence-electron chi connectivity index (χ0n) is 68.9. The van der Waals surface area contributed by atoms with E-state index in [1.807, 2.05) is 125 Å². The van der Waals surface area contributed by atoms with Crippen molar-refractivity contribution in [3.05, 3.63) is 0 Å². The smallest absolute Gasteiger partial charge is 0.312 e. The maximum atomic E-state index is 12.4. The van der Waals surface area contributed by atoms with Gasteiger partial charge in [0.05, 0.1) is 68.6 Å². The first-order chi connectivity index (χ1) is 49.1. The molecule has 16 rings (SSSR count). The van der Waals surface area contributed by atoms with E-state index >= 15 is 0 Å². The highest BCUT2D eigenvalue weighted by Gasteiger charge is 2.71. The molecule has 2 heterocycles. The molecule has 0 spiro atoms. The third kappa shape index (κ3) is 25.7. The van der Waals surface area contributed by atoms with Gasteiger partial charge in [-0.05, 0) is 294 Å². The summed E-state index contributed by atoms with van der Waals surface area (Å²) in [5.74, 6) is 0.160. The van der Waals surface area contributed by atoms with Crippen molar-refractivity contribution in [3.63, 3.8) is 0 Å². The van der Waals surface area contributed by atoms with E-state index in [4.69, 9.17) is 42.6 Å². The van der Waals surface area contributed by atoms with Crippen LogP contribution < -0.4 is 0 Å². The van der Waals surface area contributed by atoms with Crippen LogP contribution in [0.25, 0.3) is 0 Å². The van der Waals surface area contributed by atoms with E-state index in [1.54, 1.807) is 0 Å². The Kier molecular flexibility index (Phi) is 44.7. The fourth-order valence-electron chi connectivity index (χ4n) is 20.4. The van der Waals surface area contributed by atoms with Crippen molar-refractivity contribution < 1.29 is 96.0 Å². The van der Waals surface area contributed by atoms with Gasteiger partial charge in [-0.3, -0.25) is 43.2 Å². The number of hydrogen-bond acceptors (Lipinski definition) is 20. The standard InChI is InChI=1S/C16H22O6.2C16H26O3.C14H20O4.2C12H22O2.12CH4/c1-5-16(2,3)15(19)22-12-7-6-8-10(9(7)13(17)20-4)14(18)21-11(8)12;2*1-4-14(2,3)13(17)19-16-8-11-5-12(9-16)7-15(18,6-11)10-16;1-4-14(2,3)13(16)18-10-7-5-8-9(6-7)12(15)17-11(8)10;2*1-5-11(2,3)10(13)14-12(4)8-6-7-9-12;;;;;;;;;;;;/h7-12H,5-6H2,1-4H3;2*11-12,18H,4-10H2,1-3H3;7-11H,4-6H2,1-3H3;2*5-9H2,1-4H3;12*1H4. The molecule has 0 aromatic rings. The van der Waals surface area contributed by atoms with Crippen LogP contribution in [0.1, 0.15) is 414 Å². The molecule has 14 aliphatic carbocycles. The van der Waals surface area contributed by atoms with Gasteiger partial charge < -0.3 is 52.8 Å². The largest absolute Gasteiger partial charge is 0.469 e. The van der Waals surface area contributed by atoms with Crippen LogP contribution in [-0.4, -0.2) is 129 Å². The summed E-state index contributed by atoms with van der Waals surface area (Å²) in [4.78, 5) is 109. The predicted octanol–water partition coefficient (Wildman–Crippen LogP) is 23.6. The SMILES string of the molecule is C.C.C.C.C.C.C.C.C.C.C.C.CCC(C)(C)C(=O)OC1(C)CCCC1.CCC(C)(C)C(=O)OC1(C)CCCC1.CCC(C)(C)C(=O)OC12CC3CC(CC(O)(C3)C1)C2.CCC(C)(C)C(=O)OC12CC3CC(CC(O)(C3)C1)C2.CCC(C)(C)C(=O)OC1C2CC3C(=O)OC1C3C2.CCC(C)(C)C(=O)OC1C2CC3C1OC(=O)C3C2C(=O)OC. The van der Waals surface area contributed by atoms with Gasteiger partial charge >= 0.3 is 53.7 Å². The van der Waals surface area contributed by atoms with Gasteiger partial charge in [-0.1, -0.05) is 131 Å². The van der Waals surface area contributed by atoms with Crippen molar-refractivity contribution in [3.8, 4) is 0 Å². The van der Waals surface area contributed by atoms with Crippen molar-refractivity contribution in [2.75, 3.05) is 7.11 Å². The van der Waals surface area contributed by atoms with Crippen molar-refractivity contribution in [1.29, 1.82) is 0 Å². The van der Waals surface area contributed by atoms with Crippen LogP contribution in [0.4, 0.5) is 0 Å². The van der Waals surface area contributed by atoms with Crippen LogP contribution in [0, 0.1) is 97.6 Å². The van der Waals surface area contributed by atoms with Crippen molar-refractivity contribution >= 4 is 53.7 Å². The maximum Gasteiger partial charge on any atom is 0.312 e. The molecule has 2 saturated heterocycles. The van der Waals surface area contributed by atoms with Crippen LogP contribution >= 0.6 is 0 Å². The van der Waals surface area contributed by atoms with Gasteiger partial charge in [0.2, 0.25) is 0 Å². The summed E-state index contributed by atoms with van der Waals surface area (Å²) < 4.78 is 50.1. The molecule has 16 fully saturated rings. The Morgan fingerprint density at radius 3 is 0.992 bits per heavy atom. The van der Waals surface area contributed by atoms with Crippen LogP contribution in [0.15, 0.2) is 0 Å². The fraction of sp³-hybridized carbons (Fsp3) is 0.908. The highest BCUT2D eigenvalue weighted by atomic mass is 16.6. The number of aliphatic hydroxyl groups is 2. The Morgan fingerprint density at radius 1 is 0.381 bits per heavy atom. The highest BCUT2D eigenvalue weighted by Crippen LogP contribution is 2.63. The van der Waals surface area contributed by atoms with Gasteiger partial charge in [0.1, 0.15) is 46.8 Å². The lowest BCUT2D eigenvalue weighted by Gasteiger charge is -2.59. The average molecular weight is 1680 g/mol. The third-order valence-electron chi connectivity index (χ3n) is 29.1. The van der Waals surface area contributed by atoms with E-state index < -0.39 is 62.9 Å². The van der Waals surface area contributed by atoms with E-state index in [0.29, 0.717) is 61.2 Å².